The SMILES string of the molecule is COCCNCc1ccc(SCC(O)CO)cc1Br. The van der Waals surface area contributed by atoms with Gasteiger partial charge in [0.1, 0.15) is 0 Å². The highest BCUT2D eigenvalue weighted by molar-refractivity contribution is 9.10. The summed E-state index contributed by atoms with van der Waals surface area (Å²) >= 11 is 5.07. The van der Waals surface area contributed by atoms with Crippen LogP contribution in [0.1, 0.15) is 5.56 Å². The van der Waals surface area contributed by atoms with Crippen molar-refractivity contribution in [2.75, 3.05) is 32.6 Å². The molecule has 1 atom stereocenters. The summed E-state index contributed by atoms with van der Waals surface area (Å²) in [6, 6.07) is 6.10. The van der Waals surface area contributed by atoms with Crippen molar-refractivity contribution in [2.24, 2.45) is 0 Å². The Morgan fingerprint density at radius 1 is 1.47 bits per heavy atom. The molecule has 0 radical (unpaired) electrons. The average Bonchev–Trinajstić information content (AvgIpc) is 2.42. The number of nitrogens with one attached hydrogen (secondary N) is 1. The Kier molecular flexibility index (Phi) is 8.69. The van der Waals surface area contributed by atoms with E-state index < -0.39 is 6.10 Å². The fraction of sp³-hybridized carbons (Fsp3) is 0.538. The van der Waals surface area contributed by atoms with Gasteiger partial charge in [-0.2, -0.15) is 0 Å². The van der Waals surface area contributed by atoms with E-state index in [2.05, 4.69) is 27.3 Å². The zero-order valence-corrected chi connectivity index (χ0v) is 13.3. The minimum Gasteiger partial charge on any atom is -0.394 e. The van der Waals surface area contributed by atoms with Gasteiger partial charge < -0.3 is 20.3 Å². The molecule has 3 N–H and O–H groups in total. The molecule has 1 aromatic rings. The van der Waals surface area contributed by atoms with Crippen molar-refractivity contribution < 1.29 is 14.9 Å². The Balaban J connectivity index is 2.45. The van der Waals surface area contributed by atoms with Crippen LogP contribution in [0.15, 0.2) is 27.6 Å². The van der Waals surface area contributed by atoms with E-state index >= 15 is 0 Å². The Morgan fingerprint density at radius 3 is 2.89 bits per heavy atom. The molecule has 0 saturated heterocycles. The third kappa shape index (κ3) is 6.74. The molecule has 6 heteroatoms. The van der Waals surface area contributed by atoms with E-state index in [-0.39, 0.29) is 6.61 Å². The van der Waals surface area contributed by atoms with Crippen molar-refractivity contribution >= 4 is 27.7 Å². The molecule has 0 aliphatic rings. The van der Waals surface area contributed by atoms with Crippen LogP contribution in [0.25, 0.3) is 0 Å². The van der Waals surface area contributed by atoms with E-state index in [0.29, 0.717) is 12.4 Å². The topological polar surface area (TPSA) is 61.7 Å². The lowest BCUT2D eigenvalue weighted by Crippen LogP contribution is -2.18. The number of hydrogen-bond acceptors (Lipinski definition) is 5. The van der Waals surface area contributed by atoms with E-state index in [0.717, 1.165) is 22.5 Å². The minimum absolute atomic E-state index is 0.199. The molecule has 0 aliphatic heterocycles. The molecule has 4 nitrogen and oxygen atoms in total. The maximum absolute atomic E-state index is 9.31. The molecule has 0 bridgehead atoms. The smallest absolute Gasteiger partial charge is 0.0864 e. The zero-order chi connectivity index (χ0) is 14.1. The van der Waals surface area contributed by atoms with E-state index in [4.69, 9.17) is 9.84 Å². The predicted octanol–water partition coefficient (Wildman–Crippen LogP) is 1.63. The van der Waals surface area contributed by atoms with Crippen LogP contribution in [0.5, 0.6) is 0 Å². The maximum atomic E-state index is 9.31. The number of benzene rings is 1. The molecule has 1 rings (SSSR count). The van der Waals surface area contributed by atoms with Gasteiger partial charge in [0, 0.05) is 35.3 Å². The fourth-order valence-electron chi connectivity index (χ4n) is 1.40. The maximum Gasteiger partial charge on any atom is 0.0864 e. The van der Waals surface area contributed by atoms with E-state index in [1.165, 1.54) is 17.3 Å². The van der Waals surface area contributed by atoms with Gasteiger partial charge in [0.2, 0.25) is 0 Å². The normalized spacial score (nSPS) is 12.6. The predicted molar refractivity (Wildman–Crippen MR) is 81.5 cm³/mol. The quantitative estimate of drug-likeness (QED) is 0.467. The van der Waals surface area contributed by atoms with Crippen LogP contribution in [0.2, 0.25) is 0 Å². The van der Waals surface area contributed by atoms with Crippen molar-refractivity contribution in [3.05, 3.63) is 28.2 Å². The number of thioether (sulfide) groups is 1. The van der Waals surface area contributed by atoms with Crippen molar-refractivity contribution in [1.29, 1.82) is 0 Å². The molecule has 1 unspecified atom stereocenters. The molecule has 0 saturated carbocycles. The lowest BCUT2D eigenvalue weighted by Gasteiger charge is -2.10. The van der Waals surface area contributed by atoms with E-state index in [1.54, 1.807) is 7.11 Å². The third-order valence-corrected chi connectivity index (χ3v) is 4.35. The van der Waals surface area contributed by atoms with Crippen LogP contribution in [-0.4, -0.2) is 48.9 Å². The molecule has 0 amide bonds. The van der Waals surface area contributed by atoms with E-state index in [9.17, 15) is 5.11 Å². The molecule has 0 spiro atoms. The van der Waals surface area contributed by atoms with Crippen molar-refractivity contribution in [1.82, 2.24) is 5.32 Å². The number of hydrogen-bond donors (Lipinski definition) is 3. The number of aliphatic hydroxyl groups excluding tert-OH is 2. The molecular weight excluding hydrogens is 330 g/mol. The van der Waals surface area contributed by atoms with Crippen molar-refractivity contribution in [2.45, 2.75) is 17.5 Å². The first-order valence-electron chi connectivity index (χ1n) is 6.07. The lowest BCUT2D eigenvalue weighted by molar-refractivity contribution is 0.113. The van der Waals surface area contributed by atoms with Crippen LogP contribution in [-0.2, 0) is 11.3 Å². The van der Waals surface area contributed by atoms with Crippen LogP contribution in [0.3, 0.4) is 0 Å². The van der Waals surface area contributed by atoms with Crippen LogP contribution < -0.4 is 5.32 Å². The van der Waals surface area contributed by atoms with Gasteiger partial charge in [0.05, 0.1) is 19.3 Å². The summed E-state index contributed by atoms with van der Waals surface area (Å²) in [5.41, 5.74) is 1.18. The summed E-state index contributed by atoms with van der Waals surface area (Å²) in [5.74, 6) is 0.494. The first-order valence-corrected chi connectivity index (χ1v) is 7.85. The second-order valence-electron chi connectivity index (χ2n) is 4.07. The third-order valence-electron chi connectivity index (χ3n) is 2.48. The molecule has 108 valence electrons. The molecule has 0 aliphatic carbocycles. The average molecular weight is 350 g/mol. The van der Waals surface area contributed by atoms with Gasteiger partial charge >= 0.3 is 0 Å². The summed E-state index contributed by atoms with van der Waals surface area (Å²) in [5, 5.41) is 21.4. The summed E-state index contributed by atoms with van der Waals surface area (Å²) in [6.07, 6.45) is -0.667. The largest absolute Gasteiger partial charge is 0.394 e. The lowest BCUT2D eigenvalue weighted by atomic mass is 10.2. The molecular formula is C13H20BrNO3S. The number of halogens is 1. The standard InChI is InChI=1S/C13H20BrNO3S/c1-18-5-4-15-7-10-2-3-12(6-13(10)14)19-9-11(17)8-16/h2-3,6,11,15-17H,4-5,7-9H2,1H3. The van der Waals surface area contributed by atoms with Gasteiger partial charge in [-0.3, -0.25) is 0 Å². The molecule has 0 fully saturated rings. The Bertz CT molecular complexity index is 379. The van der Waals surface area contributed by atoms with E-state index in [1.807, 2.05) is 12.1 Å². The summed E-state index contributed by atoms with van der Waals surface area (Å²) < 4.78 is 6.01. The highest BCUT2D eigenvalue weighted by Crippen LogP contribution is 2.25. The highest BCUT2D eigenvalue weighted by Gasteiger charge is 2.05. The molecule has 19 heavy (non-hydrogen) atoms. The van der Waals surface area contributed by atoms with Crippen LogP contribution >= 0.6 is 27.7 Å². The highest BCUT2D eigenvalue weighted by atomic mass is 79.9. The second-order valence-corrected chi connectivity index (χ2v) is 6.02. The van der Waals surface area contributed by atoms with Gasteiger partial charge in [-0.25, -0.2) is 0 Å². The molecule has 0 heterocycles. The van der Waals surface area contributed by atoms with Crippen LogP contribution in [0.4, 0.5) is 0 Å². The number of aliphatic hydroxyl groups is 2. The Labute approximate surface area is 126 Å². The number of ether oxygens (including phenoxy) is 1. The summed E-state index contributed by atoms with van der Waals surface area (Å²) in [7, 11) is 1.68. The van der Waals surface area contributed by atoms with Crippen molar-refractivity contribution in [3.63, 3.8) is 0 Å². The summed E-state index contributed by atoms with van der Waals surface area (Å²) in [6.45, 7) is 2.11. The van der Waals surface area contributed by atoms with Gasteiger partial charge in [0.15, 0.2) is 0 Å². The van der Waals surface area contributed by atoms with Gasteiger partial charge in [-0.05, 0) is 17.7 Å². The Morgan fingerprint density at radius 2 is 2.26 bits per heavy atom. The number of methoxy groups -OCH3 is 1. The monoisotopic (exact) mass is 349 g/mol. The first kappa shape index (κ1) is 16.9. The molecule has 0 aromatic heterocycles. The van der Waals surface area contributed by atoms with Gasteiger partial charge in [-0.15, -0.1) is 11.8 Å². The summed E-state index contributed by atoms with van der Waals surface area (Å²) in [4.78, 5) is 1.07. The zero-order valence-electron chi connectivity index (χ0n) is 10.9. The second kappa shape index (κ2) is 9.74. The molecule has 1 aromatic carbocycles. The van der Waals surface area contributed by atoms with Gasteiger partial charge in [-0.1, -0.05) is 22.0 Å². The number of rotatable bonds is 9. The van der Waals surface area contributed by atoms with Crippen molar-refractivity contribution in [3.8, 4) is 0 Å². The Hall–Kier alpha value is -0.110. The fourth-order valence-corrected chi connectivity index (χ4v) is 2.93. The van der Waals surface area contributed by atoms with Gasteiger partial charge in [0.25, 0.3) is 0 Å². The minimum atomic E-state index is -0.667. The first-order chi connectivity index (χ1) is 9.17. The van der Waals surface area contributed by atoms with Crippen LogP contribution in [0, 0.1) is 0 Å².